The molecule has 1 saturated carbocycles. The van der Waals surface area contributed by atoms with Crippen molar-refractivity contribution in [1.82, 2.24) is 5.32 Å². The molecule has 1 amide bonds. The van der Waals surface area contributed by atoms with Crippen LogP contribution in [-0.2, 0) is 4.79 Å². The first-order valence-corrected chi connectivity index (χ1v) is 6.43. The average molecular weight is 283 g/mol. The maximum Gasteiger partial charge on any atom is 0.329 e. The monoisotopic (exact) mass is 282 g/mol. The van der Waals surface area contributed by atoms with Crippen LogP contribution in [0.3, 0.4) is 0 Å². The van der Waals surface area contributed by atoms with Gasteiger partial charge in [-0.15, -0.1) is 0 Å². The van der Waals surface area contributed by atoms with Crippen LogP contribution < -0.4 is 11.1 Å². The van der Waals surface area contributed by atoms with Crippen molar-refractivity contribution in [2.45, 2.75) is 31.2 Å². The van der Waals surface area contributed by atoms with Crippen LogP contribution in [-0.4, -0.2) is 22.5 Å². The molecule has 0 spiro atoms. The van der Waals surface area contributed by atoms with E-state index >= 15 is 0 Å². The highest BCUT2D eigenvalue weighted by molar-refractivity contribution is 6.33. The molecule has 1 aromatic rings. The summed E-state index contributed by atoms with van der Waals surface area (Å²) in [5.74, 6) is -1.42. The minimum absolute atomic E-state index is 0.296. The van der Waals surface area contributed by atoms with E-state index < -0.39 is 17.4 Å². The van der Waals surface area contributed by atoms with E-state index in [1.54, 1.807) is 0 Å². The summed E-state index contributed by atoms with van der Waals surface area (Å²) >= 11 is 5.78. The molecule has 4 N–H and O–H groups in total. The Balaban J connectivity index is 2.20. The molecule has 2 rings (SSSR count). The third-order valence-electron chi connectivity index (χ3n) is 3.48. The Morgan fingerprint density at radius 3 is 2.47 bits per heavy atom. The summed E-state index contributed by atoms with van der Waals surface area (Å²) in [7, 11) is 0. The number of carboxylic acids is 1. The van der Waals surface area contributed by atoms with Crippen LogP contribution in [0.2, 0.25) is 5.02 Å². The summed E-state index contributed by atoms with van der Waals surface area (Å²) in [4.78, 5) is 23.5. The summed E-state index contributed by atoms with van der Waals surface area (Å²) in [6.45, 7) is 0. The second-order valence-electron chi connectivity index (χ2n) is 4.78. The molecule has 0 heterocycles. The molecule has 0 bridgehead atoms. The minimum Gasteiger partial charge on any atom is -0.480 e. The summed E-state index contributed by atoms with van der Waals surface area (Å²) in [6, 6.07) is 4.49. The Kier molecular flexibility index (Phi) is 3.66. The Bertz CT molecular complexity index is 525. The maximum atomic E-state index is 12.1. The number of hydrogen-bond donors (Lipinski definition) is 3. The highest BCUT2D eigenvalue weighted by Crippen LogP contribution is 2.30. The molecule has 1 aliphatic rings. The molecule has 6 heteroatoms. The van der Waals surface area contributed by atoms with Crippen LogP contribution in [0.1, 0.15) is 36.0 Å². The molecule has 0 radical (unpaired) electrons. The molecule has 0 aromatic heterocycles. The average Bonchev–Trinajstić information content (AvgIpc) is 2.82. The number of nitrogens with one attached hydrogen (secondary N) is 1. The summed E-state index contributed by atoms with van der Waals surface area (Å²) in [6.07, 6.45) is 2.51. The highest BCUT2D eigenvalue weighted by Gasteiger charge is 2.42. The summed E-state index contributed by atoms with van der Waals surface area (Å²) in [5, 5.41) is 12.3. The van der Waals surface area contributed by atoms with Gasteiger partial charge in [0.1, 0.15) is 5.54 Å². The topological polar surface area (TPSA) is 92.4 Å². The van der Waals surface area contributed by atoms with Crippen LogP contribution in [0, 0.1) is 0 Å². The van der Waals surface area contributed by atoms with Crippen LogP contribution in [0.4, 0.5) is 5.69 Å². The van der Waals surface area contributed by atoms with Crippen molar-refractivity contribution in [3.8, 4) is 0 Å². The smallest absolute Gasteiger partial charge is 0.329 e. The molecule has 0 saturated heterocycles. The van der Waals surface area contributed by atoms with Gasteiger partial charge in [0.15, 0.2) is 0 Å². The number of carboxylic acid groups (broad SMARTS) is 1. The number of benzene rings is 1. The van der Waals surface area contributed by atoms with Gasteiger partial charge < -0.3 is 16.2 Å². The number of aliphatic carboxylic acids is 1. The molecule has 5 nitrogen and oxygen atoms in total. The van der Waals surface area contributed by atoms with Gasteiger partial charge in [0.2, 0.25) is 0 Å². The Morgan fingerprint density at radius 1 is 1.32 bits per heavy atom. The zero-order valence-electron chi connectivity index (χ0n) is 10.3. The molecule has 1 aromatic carbocycles. The second kappa shape index (κ2) is 5.09. The Labute approximate surface area is 115 Å². The number of amides is 1. The lowest BCUT2D eigenvalue weighted by Crippen LogP contribution is -2.52. The van der Waals surface area contributed by atoms with Crippen LogP contribution in [0.25, 0.3) is 0 Å². The molecule has 102 valence electrons. The van der Waals surface area contributed by atoms with Crippen LogP contribution in [0.5, 0.6) is 0 Å². The number of hydrogen-bond acceptors (Lipinski definition) is 3. The van der Waals surface area contributed by atoms with Gasteiger partial charge in [-0.25, -0.2) is 4.79 Å². The molecule has 0 aliphatic heterocycles. The first-order valence-electron chi connectivity index (χ1n) is 6.05. The number of nitrogens with two attached hydrogens (primary N) is 1. The van der Waals surface area contributed by atoms with E-state index in [0.717, 1.165) is 12.8 Å². The fourth-order valence-corrected chi connectivity index (χ4v) is 2.46. The quantitative estimate of drug-likeness (QED) is 0.740. The van der Waals surface area contributed by atoms with Crippen LogP contribution >= 0.6 is 11.6 Å². The van der Waals surface area contributed by atoms with Gasteiger partial charge in [-0.3, -0.25) is 4.79 Å². The van der Waals surface area contributed by atoms with Crippen LogP contribution in [0.15, 0.2) is 18.2 Å². The molecule has 1 fully saturated rings. The largest absolute Gasteiger partial charge is 0.480 e. The lowest BCUT2D eigenvalue weighted by molar-refractivity contribution is -0.144. The Morgan fingerprint density at radius 2 is 1.95 bits per heavy atom. The van der Waals surface area contributed by atoms with Crippen molar-refractivity contribution in [2.24, 2.45) is 0 Å². The molecule has 19 heavy (non-hydrogen) atoms. The van der Waals surface area contributed by atoms with Gasteiger partial charge in [0.05, 0.1) is 10.7 Å². The summed E-state index contributed by atoms with van der Waals surface area (Å²) in [5.41, 5.74) is 5.09. The zero-order chi connectivity index (χ0) is 14.0. The number of rotatable bonds is 3. The van der Waals surface area contributed by atoms with Gasteiger partial charge in [0, 0.05) is 5.56 Å². The van der Waals surface area contributed by atoms with E-state index in [1.807, 2.05) is 0 Å². The van der Waals surface area contributed by atoms with Crippen molar-refractivity contribution < 1.29 is 14.7 Å². The van der Waals surface area contributed by atoms with E-state index in [1.165, 1.54) is 18.2 Å². The zero-order valence-corrected chi connectivity index (χ0v) is 11.0. The van der Waals surface area contributed by atoms with Crippen molar-refractivity contribution in [1.29, 1.82) is 0 Å². The minimum atomic E-state index is -1.15. The van der Waals surface area contributed by atoms with E-state index in [0.29, 0.717) is 29.1 Å². The van der Waals surface area contributed by atoms with E-state index in [9.17, 15) is 14.7 Å². The molecule has 0 unspecified atom stereocenters. The molecular formula is C13H15ClN2O3. The third kappa shape index (κ3) is 2.66. The lowest BCUT2D eigenvalue weighted by atomic mass is 9.97. The normalized spacial score (nSPS) is 17.1. The van der Waals surface area contributed by atoms with Crippen molar-refractivity contribution in [2.75, 3.05) is 5.73 Å². The molecular weight excluding hydrogens is 268 g/mol. The first kappa shape index (κ1) is 13.7. The SMILES string of the molecule is Nc1cc(C(=O)NC2(C(=O)O)CCCC2)ccc1Cl. The first-order chi connectivity index (χ1) is 8.94. The molecule has 0 atom stereocenters. The highest BCUT2D eigenvalue weighted by atomic mass is 35.5. The van der Waals surface area contributed by atoms with Gasteiger partial charge in [-0.2, -0.15) is 0 Å². The van der Waals surface area contributed by atoms with E-state index in [2.05, 4.69) is 5.32 Å². The van der Waals surface area contributed by atoms with Gasteiger partial charge in [0.25, 0.3) is 5.91 Å². The second-order valence-corrected chi connectivity index (χ2v) is 5.19. The predicted octanol–water partition coefficient (Wildman–Crippen LogP) is 2.05. The number of anilines is 1. The summed E-state index contributed by atoms with van der Waals surface area (Å²) < 4.78 is 0. The fraction of sp³-hybridized carbons (Fsp3) is 0.385. The van der Waals surface area contributed by atoms with Crippen molar-refractivity contribution in [3.05, 3.63) is 28.8 Å². The number of nitrogen functional groups attached to an aromatic ring is 1. The van der Waals surface area contributed by atoms with Crippen molar-refractivity contribution in [3.63, 3.8) is 0 Å². The third-order valence-corrected chi connectivity index (χ3v) is 3.82. The number of carbonyl (C=O) groups excluding carboxylic acids is 1. The Hall–Kier alpha value is -1.75. The fourth-order valence-electron chi connectivity index (χ4n) is 2.35. The van der Waals surface area contributed by atoms with Gasteiger partial charge in [-0.1, -0.05) is 24.4 Å². The maximum absolute atomic E-state index is 12.1. The predicted molar refractivity (Wildman–Crippen MR) is 72.2 cm³/mol. The van der Waals surface area contributed by atoms with E-state index in [4.69, 9.17) is 17.3 Å². The number of halogens is 1. The number of carbonyl (C=O) groups is 2. The molecule has 1 aliphatic carbocycles. The van der Waals surface area contributed by atoms with Crippen molar-refractivity contribution >= 4 is 29.2 Å². The van der Waals surface area contributed by atoms with E-state index in [-0.39, 0.29) is 0 Å². The standard InChI is InChI=1S/C13H15ClN2O3/c14-9-4-3-8(7-10(9)15)11(17)16-13(12(18)19)5-1-2-6-13/h3-4,7H,1-2,5-6,15H2,(H,16,17)(H,18,19). The van der Waals surface area contributed by atoms with Gasteiger partial charge in [-0.05, 0) is 31.0 Å². The lowest BCUT2D eigenvalue weighted by Gasteiger charge is -2.25. The van der Waals surface area contributed by atoms with Gasteiger partial charge >= 0.3 is 5.97 Å².